The Morgan fingerprint density at radius 2 is 2.08 bits per heavy atom. The zero-order valence-electron chi connectivity index (χ0n) is 6.69. The number of aromatic hydroxyl groups is 2. The second kappa shape index (κ2) is 3.59. The van der Waals surface area contributed by atoms with E-state index in [-0.39, 0.29) is 29.4 Å². The number of rotatable bonds is 2. The Balaban J connectivity index is 2.98. The predicted octanol–water partition coefficient (Wildman–Crippen LogP) is 1.20. The first-order chi connectivity index (χ1) is 6.15. The van der Waals surface area contributed by atoms with E-state index >= 15 is 0 Å². The summed E-state index contributed by atoms with van der Waals surface area (Å²) in [5, 5.41) is 18.0. The van der Waals surface area contributed by atoms with Gasteiger partial charge in [-0.15, -0.1) is 0 Å². The van der Waals surface area contributed by atoms with Crippen molar-refractivity contribution < 1.29 is 15.0 Å². The molecular weight excluding hydrogens is 170 g/mol. The maximum absolute atomic E-state index is 11.1. The van der Waals surface area contributed by atoms with Gasteiger partial charge in [0.1, 0.15) is 0 Å². The molecule has 0 amide bonds. The van der Waals surface area contributed by atoms with Gasteiger partial charge in [0.05, 0.1) is 0 Å². The molecule has 0 atom stereocenters. The molecule has 0 bridgehead atoms. The molecule has 2 N–H and O–H groups in total. The number of phenols is 2. The Hall–Kier alpha value is -2.02. The third-order valence-corrected chi connectivity index (χ3v) is 1.52. The van der Waals surface area contributed by atoms with Gasteiger partial charge in [0.15, 0.2) is 11.5 Å². The minimum atomic E-state index is -0.370. The van der Waals surface area contributed by atoms with Gasteiger partial charge in [0, 0.05) is 5.56 Å². The van der Waals surface area contributed by atoms with Crippen LogP contribution in [-0.4, -0.2) is 22.5 Å². The maximum Gasteiger partial charge on any atom is 0.276 e. The summed E-state index contributed by atoms with van der Waals surface area (Å²) >= 11 is 0. The van der Waals surface area contributed by atoms with E-state index in [1.165, 1.54) is 12.1 Å². The van der Waals surface area contributed by atoms with Gasteiger partial charge in [-0.1, -0.05) is 0 Å². The second-order valence-electron chi connectivity index (χ2n) is 2.44. The number of carbonyl (C=O) groups is 1. The third kappa shape index (κ3) is 1.97. The third-order valence-electron chi connectivity index (χ3n) is 1.52. The van der Waals surface area contributed by atoms with Gasteiger partial charge in [-0.05, 0) is 18.2 Å². The molecule has 0 saturated carbocycles. The minimum Gasteiger partial charge on any atom is -0.504 e. The SMILES string of the molecule is [C-]#[N+]CC(=O)c1ccc(O)c(O)c1. The normalized spacial score (nSPS) is 9.15. The monoisotopic (exact) mass is 177 g/mol. The van der Waals surface area contributed by atoms with Crippen LogP contribution in [0.3, 0.4) is 0 Å². The molecule has 0 unspecified atom stereocenters. The van der Waals surface area contributed by atoms with Crippen LogP contribution < -0.4 is 0 Å². The minimum absolute atomic E-state index is 0.228. The zero-order valence-corrected chi connectivity index (χ0v) is 6.69. The van der Waals surface area contributed by atoms with Crippen LogP contribution >= 0.6 is 0 Å². The van der Waals surface area contributed by atoms with Gasteiger partial charge in [-0.3, -0.25) is 4.79 Å². The van der Waals surface area contributed by atoms with Gasteiger partial charge < -0.3 is 15.1 Å². The molecule has 1 aromatic rings. The lowest BCUT2D eigenvalue weighted by Crippen LogP contribution is -2.00. The molecule has 4 heteroatoms. The van der Waals surface area contributed by atoms with Crippen LogP contribution in [0.25, 0.3) is 4.85 Å². The smallest absolute Gasteiger partial charge is 0.276 e. The van der Waals surface area contributed by atoms with Crippen molar-refractivity contribution in [2.45, 2.75) is 0 Å². The summed E-state index contributed by atoms with van der Waals surface area (Å²) in [6, 6.07) is 3.72. The second-order valence-corrected chi connectivity index (χ2v) is 2.44. The maximum atomic E-state index is 11.1. The van der Waals surface area contributed by atoms with Crippen molar-refractivity contribution in [1.29, 1.82) is 0 Å². The highest BCUT2D eigenvalue weighted by molar-refractivity contribution is 5.99. The molecule has 1 rings (SSSR count). The number of benzene rings is 1. The molecule has 0 aliphatic heterocycles. The lowest BCUT2D eigenvalue weighted by atomic mass is 10.1. The van der Waals surface area contributed by atoms with E-state index in [2.05, 4.69) is 4.85 Å². The van der Waals surface area contributed by atoms with Crippen LogP contribution in [0.2, 0.25) is 0 Å². The van der Waals surface area contributed by atoms with Crippen LogP contribution in [0, 0.1) is 6.57 Å². The van der Waals surface area contributed by atoms with Crippen molar-refractivity contribution in [3.8, 4) is 11.5 Å². The Morgan fingerprint density at radius 1 is 1.38 bits per heavy atom. The number of carbonyl (C=O) groups excluding carboxylic acids is 1. The molecule has 0 saturated heterocycles. The Morgan fingerprint density at radius 3 is 2.62 bits per heavy atom. The summed E-state index contributed by atoms with van der Waals surface area (Å²) in [4.78, 5) is 14.0. The lowest BCUT2D eigenvalue weighted by Gasteiger charge is -1.98. The summed E-state index contributed by atoms with van der Waals surface area (Å²) < 4.78 is 0. The number of Topliss-reactive ketones (excluding diaryl/α,β-unsaturated/α-hetero) is 1. The first-order valence-electron chi connectivity index (χ1n) is 3.53. The molecule has 0 spiro atoms. The van der Waals surface area contributed by atoms with Crippen molar-refractivity contribution in [3.63, 3.8) is 0 Å². The van der Waals surface area contributed by atoms with Crippen LogP contribution in [0.1, 0.15) is 10.4 Å². The van der Waals surface area contributed by atoms with E-state index < -0.39 is 0 Å². The van der Waals surface area contributed by atoms with Crippen molar-refractivity contribution in [3.05, 3.63) is 35.2 Å². The van der Waals surface area contributed by atoms with Crippen LogP contribution in [0.5, 0.6) is 11.5 Å². The molecule has 1 aromatic carbocycles. The number of hydrogen-bond acceptors (Lipinski definition) is 3. The predicted molar refractivity (Wildman–Crippen MR) is 45.6 cm³/mol. The van der Waals surface area contributed by atoms with E-state index in [1.54, 1.807) is 0 Å². The summed E-state index contributed by atoms with van der Waals surface area (Å²) in [6.07, 6.45) is 0. The topological polar surface area (TPSA) is 61.9 Å². The Kier molecular flexibility index (Phi) is 2.50. The summed E-state index contributed by atoms with van der Waals surface area (Å²) in [7, 11) is 0. The fourth-order valence-corrected chi connectivity index (χ4v) is 0.860. The van der Waals surface area contributed by atoms with Gasteiger partial charge in [-0.2, -0.15) is 0 Å². The Bertz CT molecular complexity index is 379. The van der Waals surface area contributed by atoms with Crippen molar-refractivity contribution in [2.75, 3.05) is 6.54 Å². The molecule has 66 valence electrons. The lowest BCUT2D eigenvalue weighted by molar-refractivity contribution is 0.101. The van der Waals surface area contributed by atoms with E-state index in [0.29, 0.717) is 0 Å². The average Bonchev–Trinajstić information content (AvgIpc) is 2.10. The molecule has 13 heavy (non-hydrogen) atoms. The summed E-state index contributed by atoms with van der Waals surface area (Å²) in [6.45, 7) is 6.22. The van der Waals surface area contributed by atoms with E-state index in [1.807, 2.05) is 0 Å². The first-order valence-corrected chi connectivity index (χ1v) is 3.53. The van der Waals surface area contributed by atoms with Crippen molar-refractivity contribution >= 4 is 5.78 Å². The molecule has 0 aromatic heterocycles. The molecule has 0 aliphatic rings. The first kappa shape index (κ1) is 9.07. The van der Waals surface area contributed by atoms with Crippen LogP contribution in [-0.2, 0) is 0 Å². The molecule has 0 aliphatic carbocycles. The number of hydrogen-bond donors (Lipinski definition) is 2. The average molecular weight is 177 g/mol. The van der Waals surface area contributed by atoms with E-state index in [0.717, 1.165) is 6.07 Å². The fraction of sp³-hybridized carbons (Fsp3) is 0.111. The molecule has 0 heterocycles. The van der Waals surface area contributed by atoms with Gasteiger partial charge in [-0.25, -0.2) is 6.57 Å². The highest BCUT2D eigenvalue weighted by Crippen LogP contribution is 2.24. The molecule has 4 nitrogen and oxygen atoms in total. The highest BCUT2D eigenvalue weighted by atomic mass is 16.3. The molecule has 0 radical (unpaired) electrons. The summed E-state index contributed by atoms with van der Waals surface area (Å²) in [5.41, 5.74) is 0.228. The largest absolute Gasteiger partial charge is 0.504 e. The van der Waals surface area contributed by atoms with Crippen LogP contribution in [0.15, 0.2) is 18.2 Å². The molecular formula is C9H7NO3. The number of ketones is 1. The van der Waals surface area contributed by atoms with Crippen LogP contribution in [0.4, 0.5) is 0 Å². The van der Waals surface area contributed by atoms with Crippen molar-refractivity contribution in [2.24, 2.45) is 0 Å². The quantitative estimate of drug-likeness (QED) is 0.405. The number of phenolic OH excluding ortho intramolecular Hbond substituents is 2. The van der Waals surface area contributed by atoms with Gasteiger partial charge in [0.2, 0.25) is 5.78 Å². The fourth-order valence-electron chi connectivity index (χ4n) is 0.860. The van der Waals surface area contributed by atoms with Gasteiger partial charge in [0.25, 0.3) is 6.54 Å². The van der Waals surface area contributed by atoms with Gasteiger partial charge >= 0.3 is 0 Å². The van der Waals surface area contributed by atoms with E-state index in [9.17, 15) is 4.79 Å². The zero-order chi connectivity index (χ0) is 9.84. The van der Waals surface area contributed by atoms with E-state index in [4.69, 9.17) is 16.8 Å². The summed E-state index contributed by atoms with van der Waals surface area (Å²) in [5.74, 6) is -1.000. The van der Waals surface area contributed by atoms with Crippen molar-refractivity contribution in [1.82, 2.24) is 0 Å². The molecule has 0 fully saturated rings. The Labute approximate surface area is 74.9 Å². The highest BCUT2D eigenvalue weighted by Gasteiger charge is 2.10. The standard InChI is InChI=1S/C9H7NO3/c1-10-5-9(13)6-2-3-7(11)8(12)4-6/h2-4,11-12H,5H2. The number of nitrogens with zero attached hydrogens (tertiary/aromatic N) is 1.